The zero-order chi connectivity index (χ0) is 14.8. The van der Waals surface area contributed by atoms with E-state index in [1.165, 1.54) is 6.42 Å². The third-order valence-electron chi connectivity index (χ3n) is 4.09. The van der Waals surface area contributed by atoms with Crippen LogP contribution in [0.5, 0.6) is 0 Å². The number of amides is 1. The van der Waals surface area contributed by atoms with E-state index in [4.69, 9.17) is 4.74 Å². The Morgan fingerprint density at radius 3 is 2.60 bits per heavy atom. The minimum absolute atomic E-state index is 0.0496. The summed E-state index contributed by atoms with van der Waals surface area (Å²) in [6.07, 6.45) is 4.53. The van der Waals surface area contributed by atoms with E-state index in [-0.39, 0.29) is 29.9 Å². The summed E-state index contributed by atoms with van der Waals surface area (Å²) in [7, 11) is 0. The van der Waals surface area contributed by atoms with E-state index in [0.29, 0.717) is 0 Å². The van der Waals surface area contributed by atoms with E-state index in [1.807, 2.05) is 20.8 Å². The Morgan fingerprint density at radius 1 is 1.25 bits per heavy atom. The van der Waals surface area contributed by atoms with Gasteiger partial charge in [-0.25, -0.2) is 4.79 Å². The number of carbonyl (C=O) groups is 1. The quantitative estimate of drug-likeness (QED) is 0.813. The molecule has 1 heterocycles. The molecule has 2 N–H and O–H groups in total. The Bertz CT molecular complexity index is 341. The number of aliphatic hydroxyl groups excluding tert-OH is 1. The monoisotopic (exact) mass is 284 g/mol. The van der Waals surface area contributed by atoms with Crippen LogP contribution in [0.2, 0.25) is 0 Å². The summed E-state index contributed by atoms with van der Waals surface area (Å²) in [4.78, 5) is 14.1. The number of hydrogen-bond donors (Lipinski definition) is 2. The normalized spacial score (nSPS) is 32.1. The predicted octanol–water partition coefficient (Wildman–Crippen LogP) is 1.89. The van der Waals surface area contributed by atoms with Crippen molar-refractivity contribution < 1.29 is 14.6 Å². The first-order chi connectivity index (χ1) is 9.35. The summed E-state index contributed by atoms with van der Waals surface area (Å²) in [5, 5.41) is 12.9. The standard InChI is InChI=1S/C15H28N2O3/c1-15(2,3)16-14(19)20-11-8-9-17(10-11)12-6-4-5-7-13(12)18/h11-13,18H,4-10H2,1-3H3,(H,16,19)/t11-,12?,13?/m1/s1. The highest BCUT2D eigenvalue weighted by Crippen LogP contribution is 2.27. The first-order valence-corrected chi connectivity index (χ1v) is 7.76. The fraction of sp³-hybridized carbons (Fsp3) is 0.933. The number of likely N-dealkylation sites (tertiary alicyclic amines) is 1. The molecule has 1 aliphatic heterocycles. The minimum Gasteiger partial charge on any atom is -0.445 e. The van der Waals surface area contributed by atoms with Crippen LogP contribution < -0.4 is 5.32 Å². The highest BCUT2D eigenvalue weighted by atomic mass is 16.6. The van der Waals surface area contributed by atoms with Crippen molar-refractivity contribution in [2.45, 2.75) is 76.7 Å². The van der Waals surface area contributed by atoms with Gasteiger partial charge in [-0.2, -0.15) is 0 Å². The van der Waals surface area contributed by atoms with Gasteiger partial charge in [0.15, 0.2) is 0 Å². The molecule has 5 nitrogen and oxygen atoms in total. The van der Waals surface area contributed by atoms with Crippen molar-refractivity contribution in [2.24, 2.45) is 0 Å². The molecule has 0 spiro atoms. The van der Waals surface area contributed by atoms with Gasteiger partial charge in [-0.15, -0.1) is 0 Å². The molecule has 0 aromatic rings. The van der Waals surface area contributed by atoms with Gasteiger partial charge in [-0.05, 0) is 40.0 Å². The van der Waals surface area contributed by atoms with E-state index in [0.717, 1.165) is 38.8 Å². The molecule has 0 bridgehead atoms. The molecular weight excluding hydrogens is 256 g/mol. The van der Waals surface area contributed by atoms with E-state index in [9.17, 15) is 9.90 Å². The van der Waals surface area contributed by atoms with E-state index < -0.39 is 0 Å². The van der Waals surface area contributed by atoms with Gasteiger partial charge in [-0.3, -0.25) is 4.90 Å². The average molecular weight is 284 g/mol. The maximum atomic E-state index is 11.8. The summed E-state index contributed by atoms with van der Waals surface area (Å²) in [6.45, 7) is 7.48. The number of rotatable bonds is 2. The maximum Gasteiger partial charge on any atom is 0.407 e. The summed E-state index contributed by atoms with van der Waals surface area (Å²) in [5.74, 6) is 0. The van der Waals surface area contributed by atoms with Crippen molar-refractivity contribution in [1.82, 2.24) is 10.2 Å². The fourth-order valence-corrected chi connectivity index (χ4v) is 3.16. The molecule has 20 heavy (non-hydrogen) atoms. The SMILES string of the molecule is CC(C)(C)NC(=O)O[C@@H]1CCN(C2CCCCC2O)C1. The topological polar surface area (TPSA) is 61.8 Å². The Labute approximate surface area is 121 Å². The van der Waals surface area contributed by atoms with E-state index >= 15 is 0 Å². The van der Waals surface area contributed by atoms with E-state index in [1.54, 1.807) is 0 Å². The van der Waals surface area contributed by atoms with Crippen LogP contribution in [0.15, 0.2) is 0 Å². The summed E-state index contributed by atoms with van der Waals surface area (Å²) < 4.78 is 5.47. The maximum absolute atomic E-state index is 11.8. The molecule has 2 fully saturated rings. The summed E-state index contributed by atoms with van der Waals surface area (Å²) in [5.41, 5.74) is -0.269. The highest BCUT2D eigenvalue weighted by Gasteiger charge is 2.35. The van der Waals surface area contributed by atoms with Crippen LogP contribution in [-0.2, 0) is 4.74 Å². The van der Waals surface area contributed by atoms with Gasteiger partial charge in [0, 0.05) is 24.7 Å². The predicted molar refractivity (Wildman–Crippen MR) is 77.6 cm³/mol. The lowest BCUT2D eigenvalue weighted by Crippen LogP contribution is -2.45. The van der Waals surface area contributed by atoms with Crippen molar-refractivity contribution in [1.29, 1.82) is 0 Å². The summed E-state index contributed by atoms with van der Waals surface area (Å²) in [6, 6.07) is 0.253. The van der Waals surface area contributed by atoms with E-state index in [2.05, 4.69) is 10.2 Å². The second-order valence-corrected chi connectivity index (χ2v) is 7.11. The van der Waals surface area contributed by atoms with Crippen LogP contribution >= 0.6 is 0 Å². The second-order valence-electron chi connectivity index (χ2n) is 7.11. The van der Waals surface area contributed by atoms with Crippen molar-refractivity contribution in [3.05, 3.63) is 0 Å². The number of aliphatic hydroxyl groups is 1. The lowest BCUT2D eigenvalue weighted by Gasteiger charge is -2.35. The molecule has 2 rings (SSSR count). The number of ether oxygens (including phenoxy) is 1. The second kappa shape index (κ2) is 6.31. The minimum atomic E-state index is -0.339. The first-order valence-electron chi connectivity index (χ1n) is 7.76. The molecule has 1 saturated carbocycles. The highest BCUT2D eigenvalue weighted by molar-refractivity contribution is 5.68. The summed E-state index contributed by atoms with van der Waals surface area (Å²) >= 11 is 0. The van der Waals surface area contributed by atoms with Crippen LogP contribution in [0.3, 0.4) is 0 Å². The van der Waals surface area contributed by atoms with Crippen LogP contribution in [0.1, 0.15) is 52.9 Å². The van der Waals surface area contributed by atoms with Crippen LogP contribution in [0.4, 0.5) is 4.79 Å². The number of nitrogens with one attached hydrogen (secondary N) is 1. The van der Waals surface area contributed by atoms with Gasteiger partial charge in [0.05, 0.1) is 6.10 Å². The third-order valence-corrected chi connectivity index (χ3v) is 4.09. The number of carbonyl (C=O) groups excluding carboxylic acids is 1. The largest absolute Gasteiger partial charge is 0.445 e. The molecule has 1 saturated heterocycles. The van der Waals surface area contributed by atoms with Crippen LogP contribution in [0.25, 0.3) is 0 Å². The molecule has 2 aliphatic rings. The van der Waals surface area contributed by atoms with Gasteiger partial charge < -0.3 is 15.2 Å². The molecule has 1 aliphatic carbocycles. The molecule has 2 unspecified atom stereocenters. The zero-order valence-corrected chi connectivity index (χ0v) is 12.9. The van der Waals surface area contributed by atoms with Crippen molar-refractivity contribution in [3.8, 4) is 0 Å². The van der Waals surface area contributed by atoms with Gasteiger partial charge in [0.1, 0.15) is 6.10 Å². The number of alkyl carbamates (subject to hydrolysis) is 1. The van der Waals surface area contributed by atoms with Gasteiger partial charge in [-0.1, -0.05) is 12.8 Å². The molecule has 0 radical (unpaired) electrons. The fourth-order valence-electron chi connectivity index (χ4n) is 3.16. The smallest absolute Gasteiger partial charge is 0.407 e. The van der Waals surface area contributed by atoms with Crippen LogP contribution in [-0.4, -0.2) is 53.0 Å². The molecule has 3 atom stereocenters. The lowest BCUT2D eigenvalue weighted by atomic mass is 9.91. The zero-order valence-electron chi connectivity index (χ0n) is 12.9. The number of nitrogens with zero attached hydrogens (tertiary/aromatic N) is 1. The Kier molecular flexibility index (Phi) is 4.91. The van der Waals surface area contributed by atoms with Gasteiger partial charge >= 0.3 is 6.09 Å². The Hall–Kier alpha value is -0.810. The van der Waals surface area contributed by atoms with Gasteiger partial charge in [0.25, 0.3) is 0 Å². The molecule has 0 aromatic carbocycles. The molecule has 1 amide bonds. The van der Waals surface area contributed by atoms with Crippen molar-refractivity contribution in [2.75, 3.05) is 13.1 Å². The molecule has 116 valence electrons. The van der Waals surface area contributed by atoms with Crippen LogP contribution in [0, 0.1) is 0 Å². The molecular formula is C15H28N2O3. The Morgan fingerprint density at radius 2 is 1.95 bits per heavy atom. The van der Waals surface area contributed by atoms with Crippen molar-refractivity contribution in [3.63, 3.8) is 0 Å². The third kappa shape index (κ3) is 4.35. The number of hydrogen-bond acceptors (Lipinski definition) is 4. The average Bonchev–Trinajstić information content (AvgIpc) is 2.75. The van der Waals surface area contributed by atoms with Gasteiger partial charge in [0.2, 0.25) is 0 Å². The molecule has 5 heteroatoms. The lowest BCUT2D eigenvalue weighted by molar-refractivity contribution is 0.0228. The Balaban J connectivity index is 1.79. The van der Waals surface area contributed by atoms with Crippen molar-refractivity contribution >= 4 is 6.09 Å². The molecule has 0 aromatic heterocycles. The first kappa shape index (κ1) is 15.6.